The van der Waals surface area contributed by atoms with Crippen LogP contribution in [0.15, 0.2) is 42.5 Å². The molecule has 0 aliphatic rings. The minimum Gasteiger partial charge on any atom is -0.504 e. The van der Waals surface area contributed by atoms with Crippen molar-refractivity contribution in [3.63, 3.8) is 0 Å². The summed E-state index contributed by atoms with van der Waals surface area (Å²) in [5.74, 6) is 0.357. The molecule has 0 heterocycles. The average molecular weight is 356 g/mol. The van der Waals surface area contributed by atoms with Crippen LogP contribution in [0, 0.1) is 0 Å². The Morgan fingerprint density at radius 3 is 2.69 bits per heavy atom. The lowest BCUT2D eigenvalue weighted by atomic mass is 10.1. The molecule has 0 radical (unpaired) electrons. The van der Waals surface area contributed by atoms with E-state index in [0.717, 1.165) is 24.8 Å². The van der Waals surface area contributed by atoms with Gasteiger partial charge in [-0.2, -0.15) is 0 Å². The van der Waals surface area contributed by atoms with Gasteiger partial charge in [-0.15, -0.1) is 0 Å². The first-order chi connectivity index (χ1) is 12.6. The van der Waals surface area contributed by atoms with Gasteiger partial charge in [0.1, 0.15) is 6.61 Å². The van der Waals surface area contributed by atoms with E-state index in [0.29, 0.717) is 25.4 Å². The number of aromatic hydroxyl groups is 1. The van der Waals surface area contributed by atoms with E-state index >= 15 is 0 Å². The van der Waals surface area contributed by atoms with Gasteiger partial charge in [0.2, 0.25) is 5.91 Å². The van der Waals surface area contributed by atoms with Gasteiger partial charge < -0.3 is 20.9 Å². The molecule has 5 heteroatoms. The van der Waals surface area contributed by atoms with E-state index in [4.69, 9.17) is 10.5 Å². The number of phenolic OH excluding ortho intramolecular Hbond substituents is 1. The maximum Gasteiger partial charge on any atom is 0.224 e. The molecule has 0 atom stereocenters. The Morgan fingerprint density at radius 1 is 1.15 bits per heavy atom. The van der Waals surface area contributed by atoms with Crippen molar-refractivity contribution in [1.82, 2.24) is 5.32 Å². The van der Waals surface area contributed by atoms with Gasteiger partial charge >= 0.3 is 0 Å². The summed E-state index contributed by atoms with van der Waals surface area (Å²) in [5.41, 5.74) is 8.76. The first kappa shape index (κ1) is 19.8. The Labute approximate surface area is 155 Å². The third-order valence-corrected chi connectivity index (χ3v) is 4.13. The van der Waals surface area contributed by atoms with Crippen molar-refractivity contribution < 1.29 is 14.6 Å². The lowest BCUT2D eigenvalue weighted by molar-refractivity contribution is -0.120. The van der Waals surface area contributed by atoms with Gasteiger partial charge in [-0.1, -0.05) is 37.3 Å². The minimum absolute atomic E-state index is 0.0274. The predicted octanol–water partition coefficient (Wildman–Crippen LogP) is 2.58. The number of aryl methyl sites for hydroxylation is 2. The van der Waals surface area contributed by atoms with Gasteiger partial charge in [-0.25, -0.2) is 0 Å². The first-order valence-electron chi connectivity index (χ1n) is 9.11. The van der Waals surface area contributed by atoms with Crippen LogP contribution in [0.4, 0.5) is 0 Å². The normalized spacial score (nSPS) is 10.5. The number of nitrogens with one attached hydrogen (secondary N) is 1. The number of amides is 1. The Morgan fingerprint density at radius 2 is 1.96 bits per heavy atom. The molecule has 1 amide bonds. The van der Waals surface area contributed by atoms with Gasteiger partial charge in [0, 0.05) is 13.1 Å². The standard InChI is InChI=1S/C21H28N2O3/c1-2-16-5-3-6-17(13-16)7-4-11-23-21(25)15-18-8-9-20(19(24)14-18)26-12-10-22/h3,5-6,8-9,13-14,24H,2,4,7,10-12,15,22H2,1H3,(H,23,25). The zero-order valence-electron chi connectivity index (χ0n) is 15.3. The highest BCUT2D eigenvalue weighted by atomic mass is 16.5. The van der Waals surface area contributed by atoms with Crippen molar-refractivity contribution in [1.29, 1.82) is 0 Å². The fourth-order valence-corrected chi connectivity index (χ4v) is 2.74. The lowest BCUT2D eigenvalue weighted by Gasteiger charge is -2.09. The zero-order chi connectivity index (χ0) is 18.8. The zero-order valence-corrected chi connectivity index (χ0v) is 15.3. The summed E-state index contributed by atoms with van der Waals surface area (Å²) < 4.78 is 5.31. The molecule has 0 aromatic heterocycles. The molecule has 5 nitrogen and oxygen atoms in total. The molecule has 2 aromatic rings. The van der Waals surface area contributed by atoms with E-state index in [2.05, 4.69) is 36.5 Å². The summed E-state index contributed by atoms with van der Waals surface area (Å²) in [5, 5.41) is 12.8. The molecule has 0 spiro atoms. The summed E-state index contributed by atoms with van der Waals surface area (Å²) in [6, 6.07) is 13.6. The molecule has 0 unspecified atom stereocenters. The highest BCUT2D eigenvalue weighted by Gasteiger charge is 2.07. The molecule has 0 bridgehead atoms. The molecule has 0 aliphatic heterocycles. The third-order valence-electron chi connectivity index (χ3n) is 4.13. The van der Waals surface area contributed by atoms with Crippen LogP contribution in [0.1, 0.15) is 30.0 Å². The molecule has 0 fully saturated rings. The molecule has 2 aromatic carbocycles. The number of benzene rings is 2. The number of hydrogen-bond acceptors (Lipinski definition) is 4. The summed E-state index contributed by atoms with van der Waals surface area (Å²) >= 11 is 0. The van der Waals surface area contributed by atoms with Gasteiger partial charge in [0.15, 0.2) is 11.5 Å². The molecule has 140 valence electrons. The molecule has 4 N–H and O–H groups in total. The summed E-state index contributed by atoms with van der Waals surface area (Å²) in [6.45, 7) is 3.51. The lowest BCUT2D eigenvalue weighted by Crippen LogP contribution is -2.26. The smallest absolute Gasteiger partial charge is 0.224 e. The van der Waals surface area contributed by atoms with Gasteiger partial charge in [-0.3, -0.25) is 4.79 Å². The first-order valence-corrected chi connectivity index (χ1v) is 9.11. The number of nitrogens with two attached hydrogens (primary N) is 1. The molecule has 0 aliphatic carbocycles. The van der Waals surface area contributed by atoms with Crippen molar-refractivity contribution in [2.45, 2.75) is 32.6 Å². The number of phenols is 1. The number of rotatable bonds is 10. The second kappa shape index (κ2) is 10.5. The average Bonchev–Trinajstić information content (AvgIpc) is 2.65. The van der Waals surface area contributed by atoms with Gasteiger partial charge in [0.25, 0.3) is 0 Å². The maximum atomic E-state index is 12.1. The van der Waals surface area contributed by atoms with Crippen LogP contribution in [0.3, 0.4) is 0 Å². The van der Waals surface area contributed by atoms with Crippen molar-refractivity contribution in [2.75, 3.05) is 19.7 Å². The van der Waals surface area contributed by atoms with Crippen molar-refractivity contribution >= 4 is 5.91 Å². The van der Waals surface area contributed by atoms with Crippen LogP contribution in [0.5, 0.6) is 11.5 Å². The van der Waals surface area contributed by atoms with Crippen LogP contribution in [0.2, 0.25) is 0 Å². The van der Waals surface area contributed by atoms with Crippen LogP contribution in [-0.4, -0.2) is 30.7 Å². The number of ether oxygens (including phenoxy) is 1. The summed E-state index contributed by atoms with van der Waals surface area (Å²) in [6.07, 6.45) is 3.11. The minimum atomic E-state index is -0.0534. The fraction of sp³-hybridized carbons (Fsp3) is 0.381. The van der Waals surface area contributed by atoms with Crippen LogP contribution in [-0.2, 0) is 24.1 Å². The molecule has 2 rings (SSSR count). The number of hydrogen-bond donors (Lipinski definition) is 3. The second-order valence-corrected chi connectivity index (χ2v) is 6.24. The highest BCUT2D eigenvalue weighted by Crippen LogP contribution is 2.26. The Hall–Kier alpha value is -2.53. The third kappa shape index (κ3) is 6.41. The quantitative estimate of drug-likeness (QED) is 0.571. The number of carbonyl (C=O) groups excluding carboxylic acids is 1. The van der Waals surface area contributed by atoms with E-state index in [-0.39, 0.29) is 18.1 Å². The van der Waals surface area contributed by atoms with E-state index in [1.54, 1.807) is 18.2 Å². The van der Waals surface area contributed by atoms with E-state index in [9.17, 15) is 9.90 Å². The van der Waals surface area contributed by atoms with E-state index < -0.39 is 0 Å². The Kier molecular flexibility index (Phi) is 7.96. The Bertz CT molecular complexity index is 716. The topological polar surface area (TPSA) is 84.6 Å². The highest BCUT2D eigenvalue weighted by molar-refractivity contribution is 5.78. The number of carbonyl (C=O) groups is 1. The SMILES string of the molecule is CCc1cccc(CCCNC(=O)Cc2ccc(OCCN)c(O)c2)c1. The van der Waals surface area contributed by atoms with Crippen molar-refractivity contribution in [3.05, 3.63) is 59.2 Å². The second-order valence-electron chi connectivity index (χ2n) is 6.24. The largest absolute Gasteiger partial charge is 0.504 e. The molecular weight excluding hydrogens is 328 g/mol. The molecule has 0 saturated carbocycles. The van der Waals surface area contributed by atoms with Crippen LogP contribution >= 0.6 is 0 Å². The molecule has 26 heavy (non-hydrogen) atoms. The molecule has 0 saturated heterocycles. The van der Waals surface area contributed by atoms with Crippen molar-refractivity contribution in [2.24, 2.45) is 5.73 Å². The fourth-order valence-electron chi connectivity index (χ4n) is 2.74. The van der Waals surface area contributed by atoms with Gasteiger partial charge in [0.05, 0.1) is 6.42 Å². The van der Waals surface area contributed by atoms with Crippen molar-refractivity contribution in [3.8, 4) is 11.5 Å². The monoisotopic (exact) mass is 356 g/mol. The van der Waals surface area contributed by atoms with E-state index in [1.807, 2.05) is 0 Å². The molecular formula is C21H28N2O3. The predicted molar refractivity (Wildman–Crippen MR) is 104 cm³/mol. The Balaban J connectivity index is 1.73. The van der Waals surface area contributed by atoms with Crippen LogP contribution in [0.25, 0.3) is 0 Å². The van der Waals surface area contributed by atoms with Crippen LogP contribution < -0.4 is 15.8 Å². The summed E-state index contributed by atoms with van der Waals surface area (Å²) in [4.78, 5) is 12.1. The summed E-state index contributed by atoms with van der Waals surface area (Å²) in [7, 11) is 0. The maximum absolute atomic E-state index is 12.1. The van der Waals surface area contributed by atoms with E-state index in [1.165, 1.54) is 11.1 Å². The van der Waals surface area contributed by atoms with Gasteiger partial charge in [-0.05, 0) is 48.1 Å².